The average Bonchev–Trinajstić information content (AvgIpc) is 2.74. The van der Waals surface area contributed by atoms with Crippen LogP contribution in [0.5, 0.6) is 5.75 Å². The Balaban J connectivity index is 1.80. The lowest BCUT2D eigenvalue weighted by Gasteiger charge is -2.29. The largest absolute Gasteiger partial charge is 0.493 e. The minimum atomic E-state index is 0.299. The zero-order valence-corrected chi connectivity index (χ0v) is 11.3. The van der Waals surface area contributed by atoms with Crippen molar-refractivity contribution in [2.24, 2.45) is 5.73 Å². The molecule has 4 nitrogen and oxygen atoms in total. The van der Waals surface area contributed by atoms with Crippen molar-refractivity contribution in [3.05, 3.63) is 29.3 Å². The van der Waals surface area contributed by atoms with Crippen molar-refractivity contribution >= 4 is 0 Å². The van der Waals surface area contributed by atoms with Crippen LogP contribution in [0.3, 0.4) is 0 Å². The molecule has 0 amide bonds. The van der Waals surface area contributed by atoms with E-state index in [0.717, 1.165) is 51.5 Å². The first-order chi connectivity index (χ1) is 9.38. The molecular formula is C15H22N2O2. The third-order valence-corrected chi connectivity index (χ3v) is 4.02. The van der Waals surface area contributed by atoms with Crippen molar-refractivity contribution in [2.75, 3.05) is 39.5 Å². The average molecular weight is 262 g/mol. The summed E-state index contributed by atoms with van der Waals surface area (Å²) < 4.78 is 11.1. The summed E-state index contributed by atoms with van der Waals surface area (Å²) in [5.74, 6) is 1.04. The van der Waals surface area contributed by atoms with Gasteiger partial charge in [-0.15, -0.1) is 0 Å². The standard InChI is InChI=1S/C15H22N2O2/c16-11-14(17-5-1-7-18-9-6-17)12-2-3-15-13(10-12)4-8-19-15/h2-3,10,14H,1,4-9,11,16H2. The van der Waals surface area contributed by atoms with E-state index in [0.29, 0.717) is 12.6 Å². The van der Waals surface area contributed by atoms with Gasteiger partial charge in [-0.05, 0) is 23.6 Å². The number of ether oxygens (including phenoxy) is 2. The monoisotopic (exact) mass is 262 g/mol. The van der Waals surface area contributed by atoms with Gasteiger partial charge in [0.15, 0.2) is 0 Å². The quantitative estimate of drug-likeness (QED) is 0.893. The molecule has 19 heavy (non-hydrogen) atoms. The second-order valence-corrected chi connectivity index (χ2v) is 5.22. The molecule has 1 aromatic carbocycles. The van der Waals surface area contributed by atoms with Crippen LogP contribution in [0.1, 0.15) is 23.6 Å². The highest BCUT2D eigenvalue weighted by molar-refractivity contribution is 5.40. The van der Waals surface area contributed by atoms with Crippen LogP contribution in [-0.4, -0.2) is 44.4 Å². The van der Waals surface area contributed by atoms with Gasteiger partial charge in [0.25, 0.3) is 0 Å². The molecule has 1 aromatic rings. The van der Waals surface area contributed by atoms with E-state index in [9.17, 15) is 0 Å². The summed E-state index contributed by atoms with van der Waals surface area (Å²) in [5.41, 5.74) is 8.65. The van der Waals surface area contributed by atoms with Gasteiger partial charge in [-0.2, -0.15) is 0 Å². The van der Waals surface area contributed by atoms with E-state index in [-0.39, 0.29) is 0 Å². The van der Waals surface area contributed by atoms with Gasteiger partial charge in [0.2, 0.25) is 0 Å². The van der Waals surface area contributed by atoms with Crippen LogP contribution in [0.2, 0.25) is 0 Å². The zero-order valence-electron chi connectivity index (χ0n) is 11.3. The third-order valence-electron chi connectivity index (χ3n) is 4.02. The Morgan fingerprint density at radius 1 is 1.21 bits per heavy atom. The van der Waals surface area contributed by atoms with E-state index in [1.807, 2.05) is 0 Å². The Labute approximate surface area is 114 Å². The first-order valence-electron chi connectivity index (χ1n) is 7.16. The van der Waals surface area contributed by atoms with Crippen molar-refractivity contribution in [3.8, 4) is 5.75 Å². The lowest BCUT2D eigenvalue weighted by Crippen LogP contribution is -2.35. The second-order valence-electron chi connectivity index (χ2n) is 5.22. The fourth-order valence-corrected chi connectivity index (χ4v) is 2.99. The number of fused-ring (bicyclic) bond motifs is 1. The number of hydrogen-bond donors (Lipinski definition) is 1. The fourth-order valence-electron chi connectivity index (χ4n) is 2.99. The molecule has 0 radical (unpaired) electrons. The molecule has 0 spiro atoms. The highest BCUT2D eigenvalue weighted by Crippen LogP contribution is 2.30. The number of benzene rings is 1. The molecule has 1 fully saturated rings. The smallest absolute Gasteiger partial charge is 0.122 e. The van der Waals surface area contributed by atoms with Crippen molar-refractivity contribution < 1.29 is 9.47 Å². The maximum absolute atomic E-state index is 6.02. The summed E-state index contributed by atoms with van der Waals surface area (Å²) in [6, 6.07) is 6.82. The molecule has 2 aliphatic heterocycles. The number of nitrogens with two attached hydrogens (primary N) is 1. The van der Waals surface area contributed by atoms with Gasteiger partial charge >= 0.3 is 0 Å². The molecule has 1 atom stereocenters. The molecule has 104 valence electrons. The maximum Gasteiger partial charge on any atom is 0.122 e. The lowest BCUT2D eigenvalue weighted by molar-refractivity contribution is 0.132. The summed E-state index contributed by atoms with van der Waals surface area (Å²) in [7, 11) is 0. The topological polar surface area (TPSA) is 47.7 Å². The van der Waals surface area contributed by atoms with Crippen LogP contribution >= 0.6 is 0 Å². The van der Waals surface area contributed by atoms with Gasteiger partial charge < -0.3 is 15.2 Å². The van der Waals surface area contributed by atoms with Crippen LogP contribution in [-0.2, 0) is 11.2 Å². The number of hydrogen-bond acceptors (Lipinski definition) is 4. The Hall–Kier alpha value is -1.10. The van der Waals surface area contributed by atoms with Crippen LogP contribution in [0.25, 0.3) is 0 Å². The van der Waals surface area contributed by atoms with Gasteiger partial charge in [-0.25, -0.2) is 0 Å². The van der Waals surface area contributed by atoms with E-state index in [2.05, 4.69) is 23.1 Å². The fraction of sp³-hybridized carbons (Fsp3) is 0.600. The van der Waals surface area contributed by atoms with Gasteiger partial charge in [0, 0.05) is 38.7 Å². The van der Waals surface area contributed by atoms with Gasteiger partial charge in [0.05, 0.1) is 13.2 Å². The van der Waals surface area contributed by atoms with Gasteiger partial charge in [-0.3, -0.25) is 4.90 Å². The van der Waals surface area contributed by atoms with E-state index in [1.54, 1.807) is 0 Å². The first kappa shape index (κ1) is 12.9. The Morgan fingerprint density at radius 3 is 3.05 bits per heavy atom. The molecule has 1 saturated heterocycles. The lowest BCUT2D eigenvalue weighted by atomic mass is 10.0. The highest BCUT2D eigenvalue weighted by atomic mass is 16.5. The van der Waals surface area contributed by atoms with E-state index >= 15 is 0 Å². The summed E-state index contributed by atoms with van der Waals surface area (Å²) in [6.07, 6.45) is 2.11. The van der Waals surface area contributed by atoms with Crippen molar-refractivity contribution in [1.29, 1.82) is 0 Å². The predicted molar refractivity (Wildman–Crippen MR) is 74.4 cm³/mol. The zero-order chi connectivity index (χ0) is 13.1. The van der Waals surface area contributed by atoms with Crippen LogP contribution in [0.4, 0.5) is 0 Å². The summed E-state index contributed by atoms with van der Waals surface area (Å²) in [4.78, 5) is 2.45. The van der Waals surface area contributed by atoms with Gasteiger partial charge in [0.1, 0.15) is 5.75 Å². The van der Waals surface area contributed by atoms with E-state index in [1.165, 1.54) is 11.1 Å². The molecule has 0 bridgehead atoms. The molecule has 4 heteroatoms. The van der Waals surface area contributed by atoms with E-state index < -0.39 is 0 Å². The van der Waals surface area contributed by atoms with Crippen LogP contribution in [0.15, 0.2) is 18.2 Å². The molecule has 0 aliphatic carbocycles. The summed E-state index contributed by atoms with van der Waals surface area (Å²) in [6.45, 7) is 5.17. The first-order valence-corrected chi connectivity index (χ1v) is 7.16. The minimum Gasteiger partial charge on any atom is -0.493 e. The number of nitrogens with zero attached hydrogens (tertiary/aromatic N) is 1. The molecule has 0 saturated carbocycles. The Bertz CT molecular complexity index is 428. The van der Waals surface area contributed by atoms with Crippen molar-refractivity contribution in [2.45, 2.75) is 18.9 Å². The molecule has 3 rings (SSSR count). The maximum atomic E-state index is 6.02. The summed E-state index contributed by atoms with van der Waals surface area (Å²) >= 11 is 0. The molecule has 2 aliphatic rings. The normalized spacial score (nSPS) is 21.5. The third kappa shape index (κ3) is 2.76. The second kappa shape index (κ2) is 5.90. The van der Waals surface area contributed by atoms with Crippen LogP contribution in [0, 0.1) is 0 Å². The SMILES string of the molecule is NCC(c1ccc2c(c1)CCO2)N1CCCOCC1. The predicted octanol–water partition coefficient (Wildman–Crippen LogP) is 1.34. The molecule has 2 heterocycles. The molecule has 0 aromatic heterocycles. The number of rotatable bonds is 3. The molecule has 1 unspecified atom stereocenters. The summed E-state index contributed by atoms with van der Waals surface area (Å²) in [5, 5.41) is 0. The van der Waals surface area contributed by atoms with Crippen molar-refractivity contribution in [1.82, 2.24) is 4.90 Å². The van der Waals surface area contributed by atoms with E-state index in [4.69, 9.17) is 15.2 Å². The highest BCUT2D eigenvalue weighted by Gasteiger charge is 2.22. The van der Waals surface area contributed by atoms with Gasteiger partial charge in [-0.1, -0.05) is 12.1 Å². The molecule has 2 N–H and O–H groups in total. The van der Waals surface area contributed by atoms with Crippen molar-refractivity contribution in [3.63, 3.8) is 0 Å². The minimum absolute atomic E-state index is 0.299. The van der Waals surface area contributed by atoms with Crippen LogP contribution < -0.4 is 10.5 Å². The molecular weight excluding hydrogens is 240 g/mol. The Morgan fingerprint density at radius 2 is 2.16 bits per heavy atom. The Kier molecular flexibility index (Phi) is 4.01.